The van der Waals surface area contributed by atoms with Crippen LogP contribution in [0.3, 0.4) is 0 Å². The van der Waals surface area contributed by atoms with E-state index in [9.17, 15) is 8.42 Å². The molecule has 1 aromatic heterocycles. The van der Waals surface area contributed by atoms with Crippen LogP contribution in [0.1, 0.15) is 5.56 Å². The molecule has 1 aromatic carbocycles. The van der Waals surface area contributed by atoms with Crippen molar-refractivity contribution in [3.05, 3.63) is 36.2 Å². The third-order valence-electron chi connectivity index (χ3n) is 4.34. The molecule has 152 valence electrons. The number of hydrazine groups is 1. The molecule has 0 amide bonds. The third-order valence-corrected chi connectivity index (χ3v) is 5.61. The lowest BCUT2D eigenvalue weighted by atomic mass is 10.2. The van der Waals surface area contributed by atoms with Crippen molar-refractivity contribution in [3.63, 3.8) is 0 Å². The highest BCUT2D eigenvalue weighted by Gasteiger charge is 2.16. The molecular weight excluding hydrogens is 382 g/mol. The smallest absolute Gasteiger partial charge is 0.257 e. The minimum Gasteiger partial charge on any atom is -0.393 e. The van der Waals surface area contributed by atoms with Crippen molar-refractivity contribution < 1.29 is 13.2 Å². The fourth-order valence-corrected chi connectivity index (χ4v) is 3.53. The molecule has 28 heavy (non-hydrogen) atoms. The Hall–Kier alpha value is -2.47. The average molecular weight is 408 g/mol. The Morgan fingerprint density at radius 2 is 1.82 bits per heavy atom. The largest absolute Gasteiger partial charge is 0.393 e. The van der Waals surface area contributed by atoms with Gasteiger partial charge >= 0.3 is 0 Å². The topological polar surface area (TPSA) is 134 Å². The summed E-state index contributed by atoms with van der Waals surface area (Å²) in [6.45, 7) is 6.64. The second-order valence-corrected chi connectivity index (χ2v) is 8.09. The van der Waals surface area contributed by atoms with Gasteiger partial charge in [0.2, 0.25) is 0 Å². The van der Waals surface area contributed by atoms with E-state index in [1.54, 1.807) is 12.1 Å². The molecule has 5 N–H and O–H groups in total. The molecule has 11 heteroatoms. The van der Waals surface area contributed by atoms with Gasteiger partial charge in [0.1, 0.15) is 12.0 Å². The van der Waals surface area contributed by atoms with Crippen molar-refractivity contribution in [1.82, 2.24) is 19.7 Å². The summed E-state index contributed by atoms with van der Waals surface area (Å²) >= 11 is 0. The Bertz CT molecular complexity index is 884. The highest BCUT2D eigenvalue weighted by Crippen LogP contribution is 2.22. The van der Waals surface area contributed by atoms with Crippen LogP contribution in [0.4, 0.5) is 17.3 Å². The van der Waals surface area contributed by atoms with Gasteiger partial charge in [0.25, 0.3) is 10.0 Å². The standard InChI is InChI=1S/C17H25N7O3S/c1-13-2-4-14(5-3-13)28(25,26)23-22-17-15(18)16(20-12-21-17)19-6-7-24-8-10-27-11-9-24/h2-5,12,23H,6-11,18H2,1H3,(H2,19,20,21,22). The van der Waals surface area contributed by atoms with Gasteiger partial charge in [0, 0.05) is 26.2 Å². The normalized spacial score (nSPS) is 15.3. The second-order valence-electron chi connectivity index (χ2n) is 6.41. The number of sulfonamides is 1. The molecule has 0 saturated carbocycles. The van der Waals surface area contributed by atoms with Crippen molar-refractivity contribution in [2.45, 2.75) is 11.8 Å². The minimum atomic E-state index is -3.75. The van der Waals surface area contributed by atoms with E-state index in [1.165, 1.54) is 18.5 Å². The highest BCUT2D eigenvalue weighted by molar-refractivity contribution is 7.89. The van der Waals surface area contributed by atoms with E-state index in [4.69, 9.17) is 10.5 Å². The Balaban J connectivity index is 1.58. The quantitative estimate of drug-likeness (QED) is 0.459. The number of aryl methyl sites for hydroxylation is 1. The Morgan fingerprint density at radius 3 is 2.54 bits per heavy atom. The van der Waals surface area contributed by atoms with Crippen LogP contribution in [0, 0.1) is 6.92 Å². The number of aromatic nitrogens is 2. The number of ether oxygens (including phenoxy) is 1. The molecule has 0 spiro atoms. The van der Waals surface area contributed by atoms with E-state index in [2.05, 4.69) is 30.4 Å². The Labute approximate surface area is 164 Å². The average Bonchev–Trinajstić information content (AvgIpc) is 2.69. The lowest BCUT2D eigenvalue weighted by Gasteiger charge is -2.26. The number of anilines is 3. The SMILES string of the molecule is Cc1ccc(S(=O)(=O)NNc2ncnc(NCCN3CCOCC3)c2N)cc1. The number of nitrogens with one attached hydrogen (secondary N) is 3. The molecule has 0 bridgehead atoms. The van der Waals surface area contributed by atoms with Gasteiger partial charge in [-0.05, 0) is 19.1 Å². The van der Waals surface area contributed by atoms with E-state index >= 15 is 0 Å². The van der Waals surface area contributed by atoms with Gasteiger partial charge in [-0.2, -0.15) is 0 Å². The van der Waals surface area contributed by atoms with Crippen LogP contribution in [-0.2, 0) is 14.8 Å². The van der Waals surface area contributed by atoms with Gasteiger partial charge in [0.05, 0.1) is 18.1 Å². The first-order chi connectivity index (χ1) is 13.5. The number of hydrogen-bond donors (Lipinski definition) is 4. The van der Waals surface area contributed by atoms with Crippen molar-refractivity contribution in [2.75, 3.05) is 55.9 Å². The molecule has 0 atom stereocenters. The highest BCUT2D eigenvalue weighted by atomic mass is 32.2. The van der Waals surface area contributed by atoms with Gasteiger partial charge in [0.15, 0.2) is 11.6 Å². The molecule has 1 aliphatic rings. The van der Waals surface area contributed by atoms with Crippen molar-refractivity contribution >= 4 is 27.3 Å². The zero-order valence-corrected chi connectivity index (χ0v) is 16.5. The number of benzene rings is 1. The first-order valence-electron chi connectivity index (χ1n) is 8.94. The maximum absolute atomic E-state index is 12.4. The van der Waals surface area contributed by atoms with Crippen molar-refractivity contribution in [1.29, 1.82) is 0 Å². The molecule has 0 aliphatic carbocycles. The maximum Gasteiger partial charge on any atom is 0.257 e. The first kappa shape index (κ1) is 20.3. The van der Waals surface area contributed by atoms with Gasteiger partial charge in [-0.25, -0.2) is 18.4 Å². The molecule has 10 nitrogen and oxygen atoms in total. The summed E-state index contributed by atoms with van der Waals surface area (Å²) in [6, 6.07) is 6.51. The lowest BCUT2D eigenvalue weighted by molar-refractivity contribution is 0.0398. The van der Waals surface area contributed by atoms with Crippen LogP contribution in [0.25, 0.3) is 0 Å². The number of nitrogens with two attached hydrogens (primary N) is 1. The monoisotopic (exact) mass is 407 g/mol. The van der Waals surface area contributed by atoms with Crippen LogP contribution >= 0.6 is 0 Å². The minimum absolute atomic E-state index is 0.141. The summed E-state index contributed by atoms with van der Waals surface area (Å²) < 4.78 is 30.1. The summed E-state index contributed by atoms with van der Waals surface area (Å²) in [5.41, 5.74) is 9.84. The first-order valence-corrected chi connectivity index (χ1v) is 10.4. The molecule has 3 rings (SSSR count). The molecule has 0 radical (unpaired) electrons. The number of nitrogens with zero attached hydrogens (tertiary/aromatic N) is 3. The van der Waals surface area contributed by atoms with Gasteiger partial charge in [-0.1, -0.05) is 17.7 Å². The summed E-state index contributed by atoms with van der Waals surface area (Å²) in [4.78, 5) is 12.8. The molecule has 1 fully saturated rings. The lowest BCUT2D eigenvalue weighted by Crippen LogP contribution is -2.39. The Morgan fingerprint density at radius 1 is 1.14 bits per heavy atom. The number of morpholine rings is 1. The van der Waals surface area contributed by atoms with Gasteiger partial charge in [-0.15, -0.1) is 4.83 Å². The van der Waals surface area contributed by atoms with Crippen LogP contribution in [-0.4, -0.2) is 62.7 Å². The number of hydrogen-bond acceptors (Lipinski definition) is 9. The summed E-state index contributed by atoms with van der Waals surface area (Å²) in [6.07, 6.45) is 1.32. The molecule has 1 saturated heterocycles. The van der Waals surface area contributed by atoms with Crippen LogP contribution in [0.5, 0.6) is 0 Å². The summed E-state index contributed by atoms with van der Waals surface area (Å²) in [5.74, 6) is 0.625. The fourth-order valence-electron chi connectivity index (χ4n) is 2.69. The van der Waals surface area contributed by atoms with Crippen molar-refractivity contribution in [3.8, 4) is 0 Å². The predicted molar refractivity (Wildman–Crippen MR) is 107 cm³/mol. The van der Waals surface area contributed by atoms with Crippen LogP contribution < -0.4 is 21.3 Å². The second kappa shape index (κ2) is 9.15. The van der Waals surface area contributed by atoms with E-state index < -0.39 is 10.0 Å². The van der Waals surface area contributed by atoms with Gasteiger partial charge in [-0.3, -0.25) is 10.3 Å². The maximum atomic E-state index is 12.4. The molecule has 0 unspecified atom stereocenters. The number of rotatable bonds is 8. The Kier molecular flexibility index (Phi) is 6.62. The van der Waals surface area contributed by atoms with E-state index in [-0.39, 0.29) is 16.4 Å². The van der Waals surface area contributed by atoms with Crippen LogP contribution in [0.2, 0.25) is 0 Å². The van der Waals surface area contributed by atoms with Crippen molar-refractivity contribution in [2.24, 2.45) is 0 Å². The van der Waals surface area contributed by atoms with Gasteiger partial charge < -0.3 is 15.8 Å². The summed E-state index contributed by atoms with van der Waals surface area (Å²) in [5, 5.41) is 3.16. The predicted octanol–water partition coefficient (Wildman–Crippen LogP) is 0.417. The van der Waals surface area contributed by atoms with E-state index in [0.29, 0.717) is 12.4 Å². The third kappa shape index (κ3) is 5.29. The van der Waals surface area contributed by atoms with Crippen LogP contribution in [0.15, 0.2) is 35.5 Å². The zero-order valence-electron chi connectivity index (χ0n) is 15.7. The molecule has 1 aliphatic heterocycles. The molecule has 2 heterocycles. The zero-order chi connectivity index (χ0) is 20.0. The van der Waals surface area contributed by atoms with E-state index in [0.717, 1.165) is 38.4 Å². The molecule has 2 aromatic rings. The molecular formula is C17H25N7O3S. The summed E-state index contributed by atoms with van der Waals surface area (Å²) in [7, 11) is -3.75. The van der Waals surface area contributed by atoms with E-state index in [1.807, 2.05) is 6.92 Å². The number of nitrogen functional groups attached to an aromatic ring is 1. The fraction of sp³-hybridized carbons (Fsp3) is 0.412.